The largest absolute Gasteiger partial charge is 0.508 e. The van der Waals surface area contributed by atoms with Crippen LogP contribution in [0.25, 0.3) is 0 Å². The molecule has 4 nitrogen and oxygen atoms in total. The van der Waals surface area contributed by atoms with Crippen molar-refractivity contribution in [1.29, 1.82) is 0 Å². The summed E-state index contributed by atoms with van der Waals surface area (Å²) in [6, 6.07) is 6.77. The number of hydrogen-bond acceptors (Lipinski definition) is 4. The summed E-state index contributed by atoms with van der Waals surface area (Å²) in [6.45, 7) is 2.66. The van der Waals surface area contributed by atoms with Gasteiger partial charge in [0.1, 0.15) is 5.75 Å². The molecule has 1 unspecified atom stereocenters. The number of ether oxygens (including phenoxy) is 2. The fourth-order valence-electron chi connectivity index (χ4n) is 7.49. The Hall–Kier alpha value is -1.10. The van der Waals surface area contributed by atoms with Gasteiger partial charge in [-0.1, -0.05) is 6.07 Å². The van der Waals surface area contributed by atoms with Crippen molar-refractivity contribution in [3.05, 3.63) is 29.3 Å². The van der Waals surface area contributed by atoms with Gasteiger partial charge in [0.15, 0.2) is 5.79 Å². The molecule has 2 saturated carbocycles. The van der Waals surface area contributed by atoms with Crippen LogP contribution < -0.4 is 0 Å². The molecule has 2 aliphatic heterocycles. The molecule has 4 heteroatoms. The predicted octanol–water partition coefficient (Wildman–Crippen LogP) is 2.43. The SMILES string of the molecule is CN1CC23Cc4ccc(O)cc4[C@]4(CC5(CC[C@H]4[C@H]12)OCCO5)C3. The highest BCUT2D eigenvalue weighted by Crippen LogP contribution is 2.71. The summed E-state index contributed by atoms with van der Waals surface area (Å²) in [4.78, 5) is 2.58. The Bertz CT molecular complexity index is 728. The highest BCUT2D eigenvalue weighted by atomic mass is 16.7. The second-order valence-electron chi connectivity index (χ2n) is 9.00. The zero-order chi connectivity index (χ0) is 16.2. The molecular formula is C20H25NO3. The van der Waals surface area contributed by atoms with E-state index in [1.54, 1.807) is 0 Å². The van der Waals surface area contributed by atoms with Crippen LogP contribution in [0.2, 0.25) is 0 Å². The molecule has 128 valence electrons. The molecule has 0 amide bonds. The summed E-state index contributed by atoms with van der Waals surface area (Å²) in [5, 5.41) is 10.2. The van der Waals surface area contributed by atoms with Crippen molar-refractivity contribution in [3.63, 3.8) is 0 Å². The van der Waals surface area contributed by atoms with Gasteiger partial charge in [-0.05, 0) is 55.5 Å². The lowest BCUT2D eigenvalue weighted by Crippen LogP contribution is -2.63. The highest BCUT2D eigenvalue weighted by molar-refractivity contribution is 5.49. The zero-order valence-electron chi connectivity index (χ0n) is 14.3. The van der Waals surface area contributed by atoms with Gasteiger partial charge in [0.05, 0.1) is 13.2 Å². The maximum atomic E-state index is 10.2. The number of benzene rings is 1. The molecule has 2 saturated heterocycles. The van der Waals surface area contributed by atoms with Gasteiger partial charge in [-0.15, -0.1) is 0 Å². The lowest BCUT2D eigenvalue weighted by molar-refractivity contribution is -0.199. The Morgan fingerprint density at radius 1 is 1.21 bits per heavy atom. The first-order valence-electron chi connectivity index (χ1n) is 9.37. The topological polar surface area (TPSA) is 41.9 Å². The van der Waals surface area contributed by atoms with E-state index in [1.165, 1.54) is 36.9 Å². The van der Waals surface area contributed by atoms with E-state index < -0.39 is 0 Å². The highest BCUT2D eigenvalue weighted by Gasteiger charge is 2.72. The Balaban J connectivity index is 1.55. The van der Waals surface area contributed by atoms with E-state index in [9.17, 15) is 5.11 Å². The number of hydrogen-bond donors (Lipinski definition) is 1. The molecule has 1 aromatic carbocycles. The Labute approximate surface area is 142 Å². The Morgan fingerprint density at radius 3 is 2.83 bits per heavy atom. The molecule has 1 N–H and O–H groups in total. The van der Waals surface area contributed by atoms with Crippen LogP contribution in [0.1, 0.15) is 36.8 Å². The second-order valence-corrected chi connectivity index (χ2v) is 9.00. The summed E-state index contributed by atoms with van der Waals surface area (Å²) >= 11 is 0. The average molecular weight is 327 g/mol. The van der Waals surface area contributed by atoms with Crippen LogP contribution >= 0.6 is 0 Å². The molecule has 5 aliphatic rings. The molecule has 2 bridgehead atoms. The molecule has 2 heterocycles. The van der Waals surface area contributed by atoms with Crippen LogP contribution in [-0.2, 0) is 21.3 Å². The van der Waals surface area contributed by atoms with Gasteiger partial charge < -0.3 is 19.5 Å². The van der Waals surface area contributed by atoms with Crippen LogP contribution in [0.3, 0.4) is 0 Å². The normalized spacial score (nSPS) is 44.7. The van der Waals surface area contributed by atoms with Crippen molar-refractivity contribution in [2.45, 2.75) is 49.3 Å². The van der Waals surface area contributed by atoms with Crippen LogP contribution in [0, 0.1) is 11.3 Å². The second kappa shape index (κ2) is 4.17. The van der Waals surface area contributed by atoms with E-state index in [4.69, 9.17) is 9.47 Å². The minimum Gasteiger partial charge on any atom is -0.508 e. The van der Waals surface area contributed by atoms with Crippen molar-refractivity contribution in [3.8, 4) is 5.75 Å². The molecule has 0 aromatic heterocycles. The van der Waals surface area contributed by atoms with Crippen LogP contribution in [-0.4, -0.2) is 48.6 Å². The van der Waals surface area contributed by atoms with Gasteiger partial charge in [0, 0.05) is 36.3 Å². The molecule has 3 aliphatic carbocycles. The van der Waals surface area contributed by atoms with Crippen molar-refractivity contribution in [2.75, 3.05) is 26.8 Å². The first-order chi connectivity index (χ1) is 11.6. The third-order valence-electron chi connectivity index (χ3n) is 7.83. The quantitative estimate of drug-likeness (QED) is 0.795. The van der Waals surface area contributed by atoms with E-state index >= 15 is 0 Å². The third kappa shape index (κ3) is 1.48. The number of aromatic hydroxyl groups is 1. The Kier molecular flexibility index (Phi) is 2.45. The molecule has 4 atom stereocenters. The standard InChI is InChI=1S/C20H25NO3/c1-21-12-18-9-13-2-3-14(22)8-16(13)19(10-18)11-20(23-6-7-24-20)5-4-15(19)17(18)21/h2-3,8,15,17,22H,4-7,9-12H2,1H3/t15-,17-,18?,19-/m0/s1. The maximum absolute atomic E-state index is 10.2. The minimum absolute atomic E-state index is 0.115. The summed E-state index contributed by atoms with van der Waals surface area (Å²) in [5.41, 5.74) is 3.39. The van der Waals surface area contributed by atoms with Gasteiger partial charge >= 0.3 is 0 Å². The number of phenolic OH excluding ortho intramolecular Hbond substituents is 1. The van der Waals surface area contributed by atoms with Gasteiger partial charge in [-0.3, -0.25) is 0 Å². The van der Waals surface area contributed by atoms with Crippen molar-refractivity contribution in [1.82, 2.24) is 4.90 Å². The maximum Gasteiger partial charge on any atom is 0.169 e. The lowest BCUT2D eigenvalue weighted by atomic mass is 9.58. The number of fused-ring (bicyclic) bond motifs is 2. The monoisotopic (exact) mass is 327 g/mol. The zero-order valence-corrected chi connectivity index (χ0v) is 14.3. The van der Waals surface area contributed by atoms with Gasteiger partial charge in [-0.2, -0.15) is 0 Å². The summed E-state index contributed by atoms with van der Waals surface area (Å²) in [5.74, 6) is 0.691. The average Bonchev–Trinajstić information content (AvgIpc) is 3.05. The first-order valence-corrected chi connectivity index (χ1v) is 9.37. The van der Waals surface area contributed by atoms with E-state index in [0.717, 1.165) is 26.1 Å². The smallest absolute Gasteiger partial charge is 0.169 e. The van der Waals surface area contributed by atoms with E-state index in [2.05, 4.69) is 18.0 Å². The Morgan fingerprint density at radius 2 is 2.04 bits per heavy atom. The summed E-state index contributed by atoms with van der Waals surface area (Å²) < 4.78 is 12.3. The summed E-state index contributed by atoms with van der Waals surface area (Å²) in [6.07, 6.45) is 5.57. The predicted molar refractivity (Wildman–Crippen MR) is 88.9 cm³/mol. The van der Waals surface area contributed by atoms with Crippen LogP contribution in [0.15, 0.2) is 18.2 Å². The molecule has 6 rings (SSSR count). The molecular weight excluding hydrogens is 302 g/mol. The van der Waals surface area contributed by atoms with Gasteiger partial charge in [-0.25, -0.2) is 0 Å². The number of likely N-dealkylation sites (tertiary alicyclic amines) is 1. The van der Waals surface area contributed by atoms with Crippen molar-refractivity contribution >= 4 is 0 Å². The molecule has 4 fully saturated rings. The molecule has 3 spiro atoms. The molecule has 1 aromatic rings. The van der Waals surface area contributed by atoms with Gasteiger partial charge in [0.2, 0.25) is 0 Å². The number of nitrogens with zero attached hydrogens (tertiary/aromatic N) is 1. The van der Waals surface area contributed by atoms with Gasteiger partial charge in [0.25, 0.3) is 0 Å². The van der Waals surface area contributed by atoms with E-state index in [0.29, 0.717) is 23.1 Å². The number of rotatable bonds is 0. The first kappa shape index (κ1) is 14.1. The summed E-state index contributed by atoms with van der Waals surface area (Å²) in [7, 11) is 2.29. The number of phenols is 1. The van der Waals surface area contributed by atoms with E-state index in [-0.39, 0.29) is 11.2 Å². The van der Waals surface area contributed by atoms with E-state index in [1.807, 2.05) is 12.1 Å². The lowest BCUT2D eigenvalue weighted by Gasteiger charge is -2.55. The molecule has 0 radical (unpaired) electrons. The fraction of sp³-hybridized carbons (Fsp3) is 0.700. The van der Waals surface area contributed by atoms with Crippen LogP contribution in [0.5, 0.6) is 5.75 Å². The molecule has 24 heavy (non-hydrogen) atoms. The van der Waals surface area contributed by atoms with Crippen molar-refractivity contribution < 1.29 is 14.6 Å². The fourth-order valence-corrected chi connectivity index (χ4v) is 7.49. The minimum atomic E-state index is -0.375. The van der Waals surface area contributed by atoms with Crippen LogP contribution in [0.4, 0.5) is 0 Å². The third-order valence-corrected chi connectivity index (χ3v) is 7.83. The van der Waals surface area contributed by atoms with Crippen molar-refractivity contribution in [2.24, 2.45) is 11.3 Å².